The lowest BCUT2D eigenvalue weighted by Gasteiger charge is -2.31. The van der Waals surface area contributed by atoms with Crippen molar-refractivity contribution in [3.63, 3.8) is 0 Å². The van der Waals surface area contributed by atoms with Gasteiger partial charge < -0.3 is 9.64 Å². The molecule has 2 heterocycles. The lowest BCUT2D eigenvalue weighted by atomic mass is 10.1. The highest BCUT2D eigenvalue weighted by atomic mass is 32.2. The lowest BCUT2D eigenvalue weighted by molar-refractivity contribution is 0.313. The van der Waals surface area contributed by atoms with Crippen LogP contribution in [0.1, 0.15) is 5.56 Å². The van der Waals surface area contributed by atoms with Crippen molar-refractivity contribution >= 4 is 37.9 Å². The zero-order valence-electron chi connectivity index (χ0n) is 14.0. The monoisotopic (exact) mass is 398 g/mol. The molecule has 0 fully saturated rings. The Labute approximate surface area is 160 Å². The van der Waals surface area contributed by atoms with Gasteiger partial charge in [0.2, 0.25) is 0 Å². The molecule has 7 nitrogen and oxygen atoms in total. The number of hydrogen-bond acceptors (Lipinski definition) is 7. The van der Waals surface area contributed by atoms with Crippen molar-refractivity contribution in [2.24, 2.45) is 0 Å². The highest BCUT2D eigenvalue weighted by Gasteiger charge is 2.23. The number of anilines is 3. The number of nitrogens with one attached hydrogen (secondary N) is 1. The molecule has 3 aromatic rings. The highest BCUT2D eigenvalue weighted by Crippen LogP contribution is 2.38. The molecule has 4 rings (SSSR count). The van der Waals surface area contributed by atoms with E-state index in [4.69, 9.17) is 10.00 Å². The van der Waals surface area contributed by atoms with Crippen LogP contribution in [0, 0.1) is 11.3 Å². The summed E-state index contributed by atoms with van der Waals surface area (Å²) in [6, 6.07) is 14.1. The predicted octanol–water partition coefficient (Wildman–Crippen LogP) is 3.35. The summed E-state index contributed by atoms with van der Waals surface area (Å²) in [7, 11) is -3.74. The fourth-order valence-corrected chi connectivity index (χ4v) is 4.60. The molecule has 2 aromatic carbocycles. The molecular formula is C18H14N4O3S2. The normalized spacial score (nSPS) is 13.4. The van der Waals surface area contributed by atoms with E-state index in [2.05, 4.69) is 15.8 Å². The summed E-state index contributed by atoms with van der Waals surface area (Å²) in [6.07, 6.45) is 1.54. The Bertz CT molecular complexity index is 1100. The Morgan fingerprint density at radius 3 is 2.74 bits per heavy atom. The number of benzene rings is 2. The first kappa shape index (κ1) is 17.3. The van der Waals surface area contributed by atoms with Crippen LogP contribution in [0.4, 0.5) is 16.5 Å². The van der Waals surface area contributed by atoms with E-state index in [-0.39, 0.29) is 4.90 Å². The summed E-state index contributed by atoms with van der Waals surface area (Å²) < 4.78 is 33.3. The van der Waals surface area contributed by atoms with Crippen LogP contribution < -0.4 is 14.4 Å². The summed E-state index contributed by atoms with van der Waals surface area (Å²) in [5.74, 6) is 0.493. The predicted molar refractivity (Wildman–Crippen MR) is 103 cm³/mol. The Balaban J connectivity index is 1.66. The van der Waals surface area contributed by atoms with Crippen molar-refractivity contribution in [1.29, 1.82) is 5.26 Å². The summed E-state index contributed by atoms with van der Waals surface area (Å²) in [5.41, 5.74) is 2.27. The van der Waals surface area contributed by atoms with E-state index in [1.54, 1.807) is 29.6 Å². The highest BCUT2D eigenvalue weighted by molar-refractivity contribution is 7.93. The maximum Gasteiger partial charge on any atom is 0.263 e. The minimum atomic E-state index is -3.74. The van der Waals surface area contributed by atoms with Gasteiger partial charge in [0.15, 0.2) is 5.13 Å². The van der Waals surface area contributed by atoms with Gasteiger partial charge in [-0.3, -0.25) is 4.72 Å². The molecule has 0 atom stereocenters. The molecule has 0 unspecified atom stereocenters. The van der Waals surface area contributed by atoms with E-state index in [0.717, 1.165) is 11.4 Å². The van der Waals surface area contributed by atoms with Crippen molar-refractivity contribution in [3.05, 3.63) is 59.6 Å². The molecule has 0 amide bonds. The number of fused-ring (bicyclic) bond motifs is 1. The summed E-state index contributed by atoms with van der Waals surface area (Å²) in [6.45, 7) is 1.05. The molecule has 1 aromatic heterocycles. The van der Waals surface area contributed by atoms with Gasteiger partial charge in [-0.15, -0.1) is 11.3 Å². The fraction of sp³-hybridized carbons (Fsp3) is 0.111. The van der Waals surface area contributed by atoms with Crippen molar-refractivity contribution in [3.8, 4) is 11.8 Å². The number of aromatic nitrogens is 1. The molecule has 136 valence electrons. The SMILES string of the molecule is N#Cc1ccc(N2CCOc3cc(S(=O)(=O)Nc4nccs4)ccc32)cc1. The average molecular weight is 398 g/mol. The average Bonchev–Trinajstić information content (AvgIpc) is 3.19. The molecule has 1 aliphatic rings. The molecule has 0 saturated heterocycles. The molecule has 1 N–H and O–H groups in total. The number of thiazole rings is 1. The van der Waals surface area contributed by atoms with Crippen molar-refractivity contribution < 1.29 is 13.2 Å². The Kier molecular flexibility index (Phi) is 4.43. The number of ether oxygens (including phenoxy) is 1. The standard InChI is InChI=1S/C18H14N4O3S2/c19-12-13-1-3-14(4-2-13)22-8-9-25-17-11-15(5-6-16(17)22)27(23,24)21-18-20-7-10-26-18/h1-7,10-11H,8-9H2,(H,20,21). The molecule has 9 heteroatoms. The summed E-state index contributed by atoms with van der Waals surface area (Å²) in [5, 5.41) is 11.0. The third-order valence-corrected chi connectivity index (χ3v) is 6.22. The van der Waals surface area contributed by atoms with Gasteiger partial charge in [0.05, 0.1) is 28.8 Å². The first-order chi connectivity index (χ1) is 13.1. The lowest BCUT2D eigenvalue weighted by Crippen LogP contribution is -2.28. The molecule has 0 bridgehead atoms. The second-order valence-electron chi connectivity index (χ2n) is 5.73. The topological polar surface area (TPSA) is 95.3 Å². The fourth-order valence-electron chi connectivity index (χ4n) is 2.80. The van der Waals surface area contributed by atoms with Gasteiger partial charge in [-0.05, 0) is 36.4 Å². The molecule has 0 spiro atoms. The zero-order valence-corrected chi connectivity index (χ0v) is 15.6. The smallest absolute Gasteiger partial charge is 0.263 e. The third kappa shape index (κ3) is 3.45. The molecule has 0 saturated carbocycles. The van der Waals surface area contributed by atoms with Crippen LogP contribution in [0.5, 0.6) is 5.75 Å². The van der Waals surface area contributed by atoms with Crippen molar-refractivity contribution in [2.75, 3.05) is 22.8 Å². The van der Waals surface area contributed by atoms with E-state index in [1.807, 2.05) is 17.0 Å². The van der Waals surface area contributed by atoms with Crippen LogP contribution in [0.3, 0.4) is 0 Å². The first-order valence-electron chi connectivity index (χ1n) is 8.04. The Morgan fingerprint density at radius 1 is 1.22 bits per heavy atom. The maximum atomic E-state index is 12.6. The van der Waals surface area contributed by atoms with Gasteiger partial charge in [-0.1, -0.05) is 0 Å². The van der Waals surface area contributed by atoms with Gasteiger partial charge in [0.1, 0.15) is 12.4 Å². The molecule has 0 radical (unpaired) electrons. The summed E-state index contributed by atoms with van der Waals surface area (Å²) >= 11 is 1.21. The Morgan fingerprint density at radius 2 is 2.04 bits per heavy atom. The number of hydrogen-bond donors (Lipinski definition) is 1. The zero-order chi connectivity index (χ0) is 18.9. The Hall–Kier alpha value is -3.09. The molecule has 0 aliphatic carbocycles. The minimum absolute atomic E-state index is 0.109. The molecular weight excluding hydrogens is 384 g/mol. The second-order valence-corrected chi connectivity index (χ2v) is 8.31. The van der Waals surface area contributed by atoms with E-state index in [1.165, 1.54) is 23.6 Å². The third-order valence-electron chi connectivity index (χ3n) is 4.07. The van der Waals surface area contributed by atoms with Crippen LogP contribution >= 0.6 is 11.3 Å². The van der Waals surface area contributed by atoms with Gasteiger partial charge >= 0.3 is 0 Å². The largest absolute Gasteiger partial charge is 0.489 e. The van der Waals surface area contributed by atoms with Crippen molar-refractivity contribution in [2.45, 2.75) is 4.90 Å². The van der Waals surface area contributed by atoms with Crippen molar-refractivity contribution in [1.82, 2.24) is 4.98 Å². The van der Waals surface area contributed by atoms with Gasteiger partial charge in [-0.2, -0.15) is 5.26 Å². The van der Waals surface area contributed by atoms with Crippen LogP contribution in [-0.2, 0) is 10.0 Å². The summed E-state index contributed by atoms with van der Waals surface area (Å²) in [4.78, 5) is 6.09. The van der Waals surface area contributed by atoms with E-state index < -0.39 is 10.0 Å². The van der Waals surface area contributed by atoms with E-state index >= 15 is 0 Å². The number of rotatable bonds is 4. The van der Waals surface area contributed by atoms with Gasteiger partial charge in [0.25, 0.3) is 10.0 Å². The minimum Gasteiger partial charge on any atom is -0.489 e. The van der Waals surface area contributed by atoms with Crippen LogP contribution in [-0.4, -0.2) is 26.6 Å². The van der Waals surface area contributed by atoms with Crippen LogP contribution in [0.2, 0.25) is 0 Å². The quantitative estimate of drug-likeness (QED) is 0.724. The maximum absolute atomic E-state index is 12.6. The van der Waals surface area contributed by atoms with Crippen LogP contribution in [0.25, 0.3) is 0 Å². The number of nitrogens with zero attached hydrogens (tertiary/aromatic N) is 3. The number of nitriles is 1. The van der Waals surface area contributed by atoms with Gasteiger partial charge in [0, 0.05) is 23.3 Å². The molecule has 1 aliphatic heterocycles. The van der Waals surface area contributed by atoms with Crippen LogP contribution in [0.15, 0.2) is 58.9 Å². The van der Waals surface area contributed by atoms with E-state index in [9.17, 15) is 8.42 Å². The van der Waals surface area contributed by atoms with Gasteiger partial charge in [-0.25, -0.2) is 13.4 Å². The first-order valence-corrected chi connectivity index (χ1v) is 10.4. The second kappa shape index (κ2) is 6.90. The molecule has 27 heavy (non-hydrogen) atoms. The number of sulfonamides is 1. The van der Waals surface area contributed by atoms with E-state index in [0.29, 0.717) is 29.6 Å².